The first-order chi connectivity index (χ1) is 20.7. The molecule has 3 aromatic heterocycles. The molecule has 0 bridgehead atoms. The van der Waals surface area contributed by atoms with Gasteiger partial charge in [0.25, 0.3) is 0 Å². The number of methoxy groups -OCH3 is 4. The molecular weight excluding hydrogens is 576 g/mol. The number of benzene rings is 1. The molecule has 1 saturated heterocycles. The van der Waals surface area contributed by atoms with Gasteiger partial charge in [0.05, 0.1) is 33.5 Å². The summed E-state index contributed by atoms with van der Waals surface area (Å²) in [6, 6.07) is 9.71. The summed E-state index contributed by atoms with van der Waals surface area (Å²) in [5.74, 6) is 1.68. The van der Waals surface area contributed by atoms with E-state index in [9.17, 15) is 8.42 Å². The van der Waals surface area contributed by atoms with Gasteiger partial charge in [-0.05, 0) is 37.6 Å². The number of ether oxygens (including phenoxy) is 4. The van der Waals surface area contributed by atoms with Crippen LogP contribution in [0, 0.1) is 6.92 Å². The van der Waals surface area contributed by atoms with Crippen LogP contribution in [0.3, 0.4) is 0 Å². The van der Waals surface area contributed by atoms with Crippen LogP contribution in [0.5, 0.6) is 17.4 Å². The first-order valence-electron chi connectivity index (χ1n) is 13.5. The van der Waals surface area contributed by atoms with Crippen LogP contribution in [0.15, 0.2) is 48.8 Å². The predicted octanol–water partition coefficient (Wildman–Crippen LogP) is 2.66. The van der Waals surface area contributed by atoms with Crippen molar-refractivity contribution < 1.29 is 27.4 Å². The van der Waals surface area contributed by atoms with E-state index in [0.29, 0.717) is 47.7 Å². The van der Waals surface area contributed by atoms with Crippen molar-refractivity contribution >= 4 is 16.0 Å². The Morgan fingerprint density at radius 3 is 2.19 bits per heavy atom. The maximum absolute atomic E-state index is 14.1. The summed E-state index contributed by atoms with van der Waals surface area (Å²) in [7, 11) is 2.01. The van der Waals surface area contributed by atoms with Gasteiger partial charge in [-0.2, -0.15) is 0 Å². The minimum Gasteiger partial charge on any atom is -0.494 e. The van der Waals surface area contributed by atoms with Crippen LogP contribution in [0.2, 0.25) is 0 Å². The fourth-order valence-electron chi connectivity index (χ4n) is 4.89. The number of hydrogen-bond donors (Lipinski definition) is 1. The van der Waals surface area contributed by atoms with Crippen molar-refractivity contribution in [3.05, 3.63) is 60.2 Å². The number of para-hydroxylation sites is 1. The molecule has 15 heteroatoms. The fraction of sp³-hybridized carbons (Fsp3) is 0.393. The van der Waals surface area contributed by atoms with Crippen LogP contribution in [0.1, 0.15) is 24.4 Å². The molecule has 0 saturated carbocycles. The zero-order valence-electron chi connectivity index (χ0n) is 24.8. The van der Waals surface area contributed by atoms with E-state index in [1.165, 1.54) is 25.9 Å². The van der Waals surface area contributed by atoms with E-state index < -0.39 is 21.3 Å². The Bertz CT molecular complexity index is 1650. The van der Waals surface area contributed by atoms with E-state index in [1.54, 1.807) is 62.8 Å². The highest BCUT2D eigenvalue weighted by Gasteiger charge is 2.43. The van der Waals surface area contributed by atoms with Gasteiger partial charge in [-0.25, -0.2) is 23.4 Å². The average molecular weight is 611 g/mol. The molecule has 4 heterocycles. The highest BCUT2D eigenvalue weighted by Crippen LogP contribution is 2.38. The number of nitrogens with one attached hydrogen (secondary N) is 1. The highest BCUT2D eigenvalue weighted by molar-refractivity contribution is 7.93. The second-order valence-electron chi connectivity index (χ2n) is 9.99. The molecule has 2 unspecified atom stereocenters. The molecule has 0 radical (unpaired) electrons. The summed E-state index contributed by atoms with van der Waals surface area (Å²) in [6.07, 6.45) is 3.34. The van der Waals surface area contributed by atoms with Crippen LogP contribution in [-0.2, 0) is 14.8 Å². The molecule has 1 aliphatic rings. The molecule has 43 heavy (non-hydrogen) atoms. The smallest absolute Gasteiger partial charge is 0.243 e. The van der Waals surface area contributed by atoms with E-state index in [4.69, 9.17) is 18.9 Å². The topological polar surface area (TPSA) is 156 Å². The number of rotatable bonds is 12. The van der Waals surface area contributed by atoms with Gasteiger partial charge in [0, 0.05) is 38.7 Å². The number of sulfonamides is 1. The van der Waals surface area contributed by atoms with Crippen LogP contribution in [0.4, 0.5) is 5.95 Å². The van der Waals surface area contributed by atoms with Gasteiger partial charge in [-0.3, -0.25) is 14.2 Å². The summed E-state index contributed by atoms with van der Waals surface area (Å²) in [5, 5.41) is 7.59. The van der Waals surface area contributed by atoms with Crippen molar-refractivity contribution in [1.29, 1.82) is 0 Å². The Hall–Kier alpha value is -4.34. The standard InChI is InChI=1S/C28H34N8O6S/c1-17-13-29-26(30-14-17)24(35-15-19(16-35)39-3)18(2)43(37,38)34-28-33-32-27(20-9-7-12-23(31-20)42-6)36(28)25-21(40-4)10-8-11-22(25)41-5/h7-14,18-19,24H,15-16H2,1-6H3,(H,33,34). The van der Waals surface area contributed by atoms with Crippen molar-refractivity contribution in [1.82, 2.24) is 34.6 Å². The van der Waals surface area contributed by atoms with E-state index in [1.807, 2.05) is 11.8 Å². The van der Waals surface area contributed by atoms with Crippen molar-refractivity contribution in [2.24, 2.45) is 0 Å². The quantitative estimate of drug-likeness (QED) is 0.251. The summed E-state index contributed by atoms with van der Waals surface area (Å²) in [5.41, 5.74) is 1.63. The Balaban J connectivity index is 1.60. The molecule has 2 atom stereocenters. The summed E-state index contributed by atoms with van der Waals surface area (Å²) < 4.78 is 54.4. The monoisotopic (exact) mass is 610 g/mol. The lowest BCUT2D eigenvalue weighted by Crippen LogP contribution is -2.56. The number of likely N-dealkylation sites (tertiary alicyclic amines) is 1. The molecule has 0 spiro atoms. The second kappa shape index (κ2) is 12.5. The third kappa shape index (κ3) is 5.96. The third-order valence-corrected chi connectivity index (χ3v) is 8.99. The van der Waals surface area contributed by atoms with Crippen molar-refractivity contribution in [3.63, 3.8) is 0 Å². The minimum atomic E-state index is -4.13. The molecule has 0 aliphatic carbocycles. The number of aryl methyl sites for hydroxylation is 1. The zero-order chi connectivity index (χ0) is 30.7. The van der Waals surface area contributed by atoms with Crippen molar-refractivity contribution in [2.45, 2.75) is 31.2 Å². The first kappa shape index (κ1) is 30.1. The SMILES string of the molecule is COc1cccc(-c2nnc(NS(=O)(=O)C(C)C(c3ncc(C)cn3)N3CC(OC)C3)n2-c2c(OC)cccc2OC)n1. The molecule has 14 nitrogen and oxygen atoms in total. The molecule has 1 aromatic carbocycles. The Morgan fingerprint density at radius 1 is 0.930 bits per heavy atom. The lowest BCUT2D eigenvalue weighted by Gasteiger charge is -2.44. The normalized spacial score (nSPS) is 15.4. The van der Waals surface area contributed by atoms with Gasteiger partial charge in [0.15, 0.2) is 5.82 Å². The molecule has 1 N–H and O–H groups in total. The Morgan fingerprint density at radius 2 is 1.58 bits per heavy atom. The van der Waals surface area contributed by atoms with Gasteiger partial charge in [0.2, 0.25) is 21.9 Å². The molecule has 1 fully saturated rings. The average Bonchev–Trinajstić information content (AvgIpc) is 3.40. The molecule has 4 aromatic rings. The summed E-state index contributed by atoms with van der Waals surface area (Å²) in [4.78, 5) is 15.4. The number of hydrogen-bond acceptors (Lipinski definition) is 12. The molecule has 228 valence electrons. The number of nitrogens with zero attached hydrogens (tertiary/aromatic N) is 7. The largest absolute Gasteiger partial charge is 0.494 e. The van der Waals surface area contributed by atoms with Crippen LogP contribution in [0.25, 0.3) is 17.2 Å². The highest BCUT2D eigenvalue weighted by atomic mass is 32.2. The molecule has 0 amide bonds. The first-order valence-corrected chi connectivity index (χ1v) is 15.0. The van der Waals surface area contributed by atoms with Gasteiger partial charge in [-0.15, -0.1) is 10.2 Å². The minimum absolute atomic E-state index is 0.00478. The number of anilines is 1. The fourth-order valence-corrected chi connectivity index (χ4v) is 6.10. The van der Waals surface area contributed by atoms with Gasteiger partial charge < -0.3 is 18.9 Å². The Labute approximate surface area is 250 Å². The molecule has 5 rings (SSSR count). The van der Waals surface area contributed by atoms with E-state index in [2.05, 4.69) is 29.9 Å². The maximum atomic E-state index is 14.1. The van der Waals surface area contributed by atoms with E-state index >= 15 is 0 Å². The van der Waals surface area contributed by atoms with Gasteiger partial charge in [0.1, 0.15) is 34.0 Å². The van der Waals surface area contributed by atoms with Crippen molar-refractivity contribution in [3.8, 4) is 34.6 Å². The van der Waals surface area contributed by atoms with Crippen LogP contribution < -0.4 is 18.9 Å². The van der Waals surface area contributed by atoms with Gasteiger partial charge >= 0.3 is 0 Å². The third-order valence-electron chi connectivity index (χ3n) is 7.29. The zero-order valence-corrected chi connectivity index (χ0v) is 25.6. The second-order valence-corrected chi connectivity index (χ2v) is 12.0. The van der Waals surface area contributed by atoms with Crippen LogP contribution in [-0.4, -0.2) is 95.9 Å². The Kier molecular flexibility index (Phi) is 8.75. The maximum Gasteiger partial charge on any atom is 0.243 e. The van der Waals surface area contributed by atoms with E-state index in [-0.39, 0.29) is 17.9 Å². The number of pyridine rings is 1. The molecular formula is C28H34N8O6S. The van der Waals surface area contributed by atoms with E-state index in [0.717, 1.165) is 5.56 Å². The van der Waals surface area contributed by atoms with Crippen LogP contribution >= 0.6 is 0 Å². The molecule has 1 aliphatic heterocycles. The van der Waals surface area contributed by atoms with Gasteiger partial charge in [-0.1, -0.05) is 12.1 Å². The predicted molar refractivity (Wildman–Crippen MR) is 158 cm³/mol. The lowest BCUT2D eigenvalue weighted by molar-refractivity contribution is -0.0530. The summed E-state index contributed by atoms with van der Waals surface area (Å²) in [6.45, 7) is 4.57. The lowest BCUT2D eigenvalue weighted by atomic mass is 10.0. The summed E-state index contributed by atoms with van der Waals surface area (Å²) >= 11 is 0. The number of aromatic nitrogens is 6. The van der Waals surface area contributed by atoms with Crippen molar-refractivity contribution in [2.75, 3.05) is 46.3 Å².